The molecule has 0 unspecified atom stereocenters. The summed E-state index contributed by atoms with van der Waals surface area (Å²) in [4.78, 5) is 0. The monoisotopic (exact) mass is 270 g/mol. The van der Waals surface area contributed by atoms with Crippen LogP contribution < -0.4 is 15.4 Å². The maximum atomic E-state index is 5.47. The van der Waals surface area contributed by atoms with Crippen molar-refractivity contribution in [2.45, 2.75) is 25.8 Å². The molecule has 1 atom stereocenters. The molecule has 18 heavy (non-hydrogen) atoms. The first-order valence-corrected chi connectivity index (χ1v) is 6.34. The highest BCUT2D eigenvalue weighted by Crippen LogP contribution is 2.29. The van der Waals surface area contributed by atoms with E-state index in [1.807, 2.05) is 0 Å². The predicted molar refractivity (Wildman–Crippen MR) is 77.9 cm³/mol. The number of nitrogens with one attached hydrogen (secondary N) is 2. The van der Waals surface area contributed by atoms with Gasteiger partial charge in [0.15, 0.2) is 0 Å². The maximum Gasteiger partial charge on any atom is 0.123 e. The number of benzene rings is 1. The van der Waals surface area contributed by atoms with E-state index in [0.717, 1.165) is 25.4 Å². The molecule has 0 aromatic heterocycles. The van der Waals surface area contributed by atoms with Crippen molar-refractivity contribution in [2.24, 2.45) is 0 Å². The van der Waals surface area contributed by atoms with E-state index in [4.69, 9.17) is 4.74 Å². The van der Waals surface area contributed by atoms with Crippen LogP contribution >= 0.6 is 12.4 Å². The third-order valence-electron chi connectivity index (χ3n) is 3.34. The molecule has 1 saturated heterocycles. The molecule has 0 radical (unpaired) electrons. The van der Waals surface area contributed by atoms with Crippen LogP contribution in [-0.4, -0.2) is 26.7 Å². The number of methoxy groups -OCH3 is 1. The van der Waals surface area contributed by atoms with Crippen LogP contribution in [-0.2, 0) is 0 Å². The topological polar surface area (TPSA) is 33.3 Å². The van der Waals surface area contributed by atoms with Gasteiger partial charge in [0.05, 0.1) is 7.11 Å². The lowest BCUT2D eigenvalue weighted by Gasteiger charge is -2.27. The minimum Gasteiger partial charge on any atom is -0.496 e. The van der Waals surface area contributed by atoms with Crippen LogP contribution in [0.1, 0.15) is 36.9 Å². The van der Waals surface area contributed by atoms with E-state index in [1.165, 1.54) is 11.1 Å². The SMILES string of the molecule is COc1ccc(C(C)C)cc1[C@H]1CNCCN1.Cl. The fourth-order valence-electron chi connectivity index (χ4n) is 2.26. The lowest BCUT2D eigenvalue weighted by Crippen LogP contribution is -2.42. The first-order valence-electron chi connectivity index (χ1n) is 6.34. The zero-order valence-electron chi connectivity index (χ0n) is 11.3. The highest BCUT2D eigenvalue weighted by molar-refractivity contribution is 5.85. The molecule has 3 nitrogen and oxygen atoms in total. The first kappa shape index (κ1) is 15.3. The zero-order valence-corrected chi connectivity index (χ0v) is 12.1. The minimum atomic E-state index is 0. The van der Waals surface area contributed by atoms with Crippen molar-refractivity contribution in [3.63, 3.8) is 0 Å². The van der Waals surface area contributed by atoms with Crippen LogP contribution in [0.25, 0.3) is 0 Å². The number of rotatable bonds is 3. The van der Waals surface area contributed by atoms with Crippen molar-refractivity contribution in [3.05, 3.63) is 29.3 Å². The Morgan fingerprint density at radius 1 is 1.28 bits per heavy atom. The van der Waals surface area contributed by atoms with Gasteiger partial charge in [-0.1, -0.05) is 26.0 Å². The predicted octanol–water partition coefficient (Wildman–Crippen LogP) is 2.47. The molecule has 4 heteroatoms. The smallest absolute Gasteiger partial charge is 0.123 e. The quantitative estimate of drug-likeness (QED) is 0.885. The maximum absolute atomic E-state index is 5.47. The van der Waals surface area contributed by atoms with Crippen molar-refractivity contribution in [2.75, 3.05) is 26.7 Å². The van der Waals surface area contributed by atoms with Gasteiger partial charge in [0.25, 0.3) is 0 Å². The van der Waals surface area contributed by atoms with Gasteiger partial charge in [-0.2, -0.15) is 0 Å². The number of hydrogen-bond acceptors (Lipinski definition) is 3. The van der Waals surface area contributed by atoms with Crippen molar-refractivity contribution in [1.29, 1.82) is 0 Å². The largest absolute Gasteiger partial charge is 0.496 e. The fraction of sp³-hybridized carbons (Fsp3) is 0.571. The highest BCUT2D eigenvalue weighted by Gasteiger charge is 2.19. The summed E-state index contributed by atoms with van der Waals surface area (Å²) in [5.74, 6) is 1.53. The van der Waals surface area contributed by atoms with Gasteiger partial charge in [-0.25, -0.2) is 0 Å². The van der Waals surface area contributed by atoms with Crippen LogP contribution in [0.5, 0.6) is 5.75 Å². The van der Waals surface area contributed by atoms with Gasteiger partial charge < -0.3 is 15.4 Å². The van der Waals surface area contributed by atoms with Crippen LogP contribution in [0, 0.1) is 0 Å². The molecule has 102 valence electrons. The van der Waals surface area contributed by atoms with E-state index in [-0.39, 0.29) is 12.4 Å². The van der Waals surface area contributed by atoms with Crippen LogP contribution in [0.4, 0.5) is 0 Å². The minimum absolute atomic E-state index is 0. The summed E-state index contributed by atoms with van der Waals surface area (Å²) in [7, 11) is 1.74. The molecule has 0 amide bonds. The Bertz CT molecular complexity index is 376. The average Bonchev–Trinajstić information content (AvgIpc) is 2.39. The molecule has 0 saturated carbocycles. The Hall–Kier alpha value is -0.770. The molecule has 1 fully saturated rings. The Kier molecular flexibility index (Phi) is 5.93. The van der Waals surface area contributed by atoms with Crippen molar-refractivity contribution in [3.8, 4) is 5.75 Å². The lowest BCUT2D eigenvalue weighted by molar-refractivity contribution is 0.381. The summed E-state index contributed by atoms with van der Waals surface area (Å²) >= 11 is 0. The molecule has 1 aliphatic rings. The van der Waals surface area contributed by atoms with E-state index in [2.05, 4.69) is 42.7 Å². The molecule has 2 rings (SSSR count). The Morgan fingerprint density at radius 2 is 2.06 bits per heavy atom. The van der Waals surface area contributed by atoms with Gasteiger partial charge in [-0.05, 0) is 17.5 Å². The average molecular weight is 271 g/mol. The van der Waals surface area contributed by atoms with Gasteiger partial charge in [0.1, 0.15) is 5.75 Å². The molecule has 0 aliphatic carbocycles. The summed E-state index contributed by atoms with van der Waals surface area (Å²) in [5, 5.41) is 6.95. The van der Waals surface area contributed by atoms with Crippen LogP contribution in [0.3, 0.4) is 0 Å². The standard InChI is InChI=1S/C14H22N2O.ClH/c1-10(2)11-4-5-14(17-3)12(8-11)13-9-15-6-7-16-13;/h4-5,8,10,13,15-16H,6-7,9H2,1-3H3;1H/t13-;/m1./s1. The second-order valence-electron chi connectivity index (χ2n) is 4.87. The van der Waals surface area contributed by atoms with E-state index < -0.39 is 0 Å². The molecule has 0 spiro atoms. The van der Waals surface area contributed by atoms with Gasteiger partial charge >= 0.3 is 0 Å². The van der Waals surface area contributed by atoms with Crippen LogP contribution in [0.15, 0.2) is 18.2 Å². The van der Waals surface area contributed by atoms with E-state index in [0.29, 0.717) is 12.0 Å². The molecule has 2 N–H and O–H groups in total. The summed E-state index contributed by atoms with van der Waals surface area (Å²) in [6.45, 7) is 7.47. The fourth-order valence-corrected chi connectivity index (χ4v) is 2.26. The van der Waals surface area contributed by atoms with E-state index in [1.54, 1.807) is 7.11 Å². The number of halogens is 1. The molecule has 1 aliphatic heterocycles. The molecule has 0 bridgehead atoms. The summed E-state index contributed by atoms with van der Waals surface area (Å²) < 4.78 is 5.47. The van der Waals surface area contributed by atoms with Gasteiger partial charge in [0, 0.05) is 31.2 Å². The van der Waals surface area contributed by atoms with Gasteiger partial charge in [-0.3, -0.25) is 0 Å². The lowest BCUT2D eigenvalue weighted by atomic mass is 9.96. The van der Waals surface area contributed by atoms with Gasteiger partial charge in [-0.15, -0.1) is 12.4 Å². The van der Waals surface area contributed by atoms with Crippen molar-refractivity contribution in [1.82, 2.24) is 10.6 Å². The number of hydrogen-bond donors (Lipinski definition) is 2. The van der Waals surface area contributed by atoms with E-state index in [9.17, 15) is 0 Å². The summed E-state index contributed by atoms with van der Waals surface area (Å²) in [6, 6.07) is 6.87. The zero-order chi connectivity index (χ0) is 12.3. The van der Waals surface area contributed by atoms with Gasteiger partial charge in [0.2, 0.25) is 0 Å². The first-order chi connectivity index (χ1) is 8.22. The summed E-state index contributed by atoms with van der Waals surface area (Å²) in [6.07, 6.45) is 0. The Labute approximate surface area is 116 Å². The Balaban J connectivity index is 0.00000162. The second kappa shape index (κ2) is 6.98. The second-order valence-corrected chi connectivity index (χ2v) is 4.87. The highest BCUT2D eigenvalue weighted by atomic mass is 35.5. The molecule has 1 aromatic carbocycles. The molecular weight excluding hydrogens is 248 g/mol. The van der Waals surface area contributed by atoms with Crippen molar-refractivity contribution < 1.29 is 4.74 Å². The summed E-state index contributed by atoms with van der Waals surface area (Å²) in [5.41, 5.74) is 2.64. The van der Waals surface area contributed by atoms with Crippen LogP contribution in [0.2, 0.25) is 0 Å². The third-order valence-corrected chi connectivity index (χ3v) is 3.34. The number of ether oxygens (including phenoxy) is 1. The molecule has 1 heterocycles. The normalized spacial score (nSPS) is 19.4. The Morgan fingerprint density at radius 3 is 2.61 bits per heavy atom. The van der Waals surface area contributed by atoms with Crippen molar-refractivity contribution >= 4 is 12.4 Å². The van der Waals surface area contributed by atoms with E-state index >= 15 is 0 Å². The molecule has 1 aromatic rings. The third kappa shape index (κ3) is 3.37. The number of piperazine rings is 1. The molecular formula is C14H23ClN2O.